The molecule has 0 saturated heterocycles. The Bertz CT molecular complexity index is 660. The smallest absolute Gasteiger partial charge is 0.337 e. The van der Waals surface area contributed by atoms with E-state index in [1.54, 1.807) is 0 Å². The van der Waals surface area contributed by atoms with Crippen LogP contribution in [0.5, 0.6) is 0 Å². The van der Waals surface area contributed by atoms with Crippen LogP contribution in [-0.2, 0) is 14.6 Å². The highest BCUT2D eigenvalue weighted by Gasteiger charge is 2.19. The van der Waals surface area contributed by atoms with Gasteiger partial charge >= 0.3 is 5.97 Å². The molecule has 1 aromatic carbocycles. The number of amides is 1. The number of halogens is 1. The lowest BCUT2D eigenvalue weighted by Crippen LogP contribution is -2.37. The van der Waals surface area contributed by atoms with Crippen LogP contribution in [0.25, 0.3) is 0 Å². The molecule has 21 heavy (non-hydrogen) atoms. The highest BCUT2D eigenvalue weighted by molar-refractivity contribution is 7.90. The van der Waals surface area contributed by atoms with Crippen LogP contribution in [0.1, 0.15) is 16.8 Å². The Kier molecular flexibility index (Phi) is 5.39. The van der Waals surface area contributed by atoms with Crippen LogP contribution >= 0.6 is 0 Å². The Balaban J connectivity index is 2.81. The van der Waals surface area contributed by atoms with Crippen LogP contribution in [0.2, 0.25) is 0 Å². The van der Waals surface area contributed by atoms with E-state index in [0.29, 0.717) is 0 Å². The molecule has 7 nitrogen and oxygen atoms in total. The van der Waals surface area contributed by atoms with Crippen LogP contribution in [0, 0.1) is 5.82 Å². The van der Waals surface area contributed by atoms with Gasteiger partial charge in [0.15, 0.2) is 0 Å². The average Bonchev–Trinajstić information content (AvgIpc) is 2.36. The molecular weight excluding hydrogens is 303 g/mol. The topological polar surface area (TPSA) is 127 Å². The van der Waals surface area contributed by atoms with Gasteiger partial charge in [0.2, 0.25) is 5.91 Å². The number of hydrogen-bond acceptors (Lipinski definition) is 5. The summed E-state index contributed by atoms with van der Waals surface area (Å²) in [4.78, 5) is 22.7. The summed E-state index contributed by atoms with van der Waals surface area (Å²) in [6.07, 6.45) is 0.911. The molecular formula is C12H15FN2O5S. The molecule has 1 aromatic rings. The summed E-state index contributed by atoms with van der Waals surface area (Å²) in [6, 6.07) is 1.73. The third-order valence-electron chi connectivity index (χ3n) is 2.61. The summed E-state index contributed by atoms with van der Waals surface area (Å²) < 4.78 is 35.0. The first kappa shape index (κ1) is 17.1. The largest absolute Gasteiger partial charge is 0.478 e. The SMILES string of the molecule is CS(=O)(=O)CCC(N)C(=O)Nc1ccc(F)cc1C(=O)O. The lowest BCUT2D eigenvalue weighted by Gasteiger charge is -2.13. The zero-order chi connectivity index (χ0) is 16.2. The van der Waals surface area contributed by atoms with Crippen molar-refractivity contribution < 1.29 is 27.5 Å². The van der Waals surface area contributed by atoms with E-state index < -0.39 is 39.1 Å². The molecule has 1 atom stereocenters. The number of carboxylic acid groups (broad SMARTS) is 1. The lowest BCUT2D eigenvalue weighted by atomic mass is 10.1. The molecule has 0 aromatic heterocycles. The fourth-order valence-corrected chi connectivity index (χ4v) is 2.18. The predicted octanol–water partition coefficient (Wildman–Crippen LogP) is 0.224. The highest BCUT2D eigenvalue weighted by atomic mass is 32.2. The van der Waals surface area contributed by atoms with E-state index in [-0.39, 0.29) is 17.9 Å². The highest BCUT2D eigenvalue weighted by Crippen LogP contribution is 2.17. The van der Waals surface area contributed by atoms with Crippen LogP contribution in [0.4, 0.5) is 10.1 Å². The van der Waals surface area contributed by atoms with Crippen molar-refractivity contribution in [3.05, 3.63) is 29.6 Å². The van der Waals surface area contributed by atoms with Crippen molar-refractivity contribution in [2.75, 3.05) is 17.3 Å². The maximum absolute atomic E-state index is 13.0. The second-order valence-corrected chi connectivity index (χ2v) is 6.77. The summed E-state index contributed by atoms with van der Waals surface area (Å²) in [7, 11) is -3.26. The zero-order valence-electron chi connectivity index (χ0n) is 11.2. The van der Waals surface area contributed by atoms with Crippen molar-refractivity contribution in [2.24, 2.45) is 5.73 Å². The number of rotatable bonds is 6. The number of carboxylic acids is 1. The van der Waals surface area contributed by atoms with Crippen molar-refractivity contribution >= 4 is 27.4 Å². The molecule has 0 aliphatic heterocycles. The van der Waals surface area contributed by atoms with Crippen LogP contribution < -0.4 is 11.1 Å². The Hall–Kier alpha value is -2.00. The minimum absolute atomic E-state index is 0.103. The van der Waals surface area contributed by atoms with Crippen molar-refractivity contribution in [2.45, 2.75) is 12.5 Å². The van der Waals surface area contributed by atoms with Gasteiger partial charge in [0.05, 0.1) is 23.0 Å². The number of carbonyl (C=O) groups is 2. The number of nitrogens with two attached hydrogens (primary N) is 1. The Labute approximate surface area is 120 Å². The Morgan fingerprint density at radius 1 is 1.43 bits per heavy atom. The summed E-state index contributed by atoms with van der Waals surface area (Å²) in [5, 5.41) is 11.2. The van der Waals surface area contributed by atoms with Crippen molar-refractivity contribution in [3.8, 4) is 0 Å². The number of anilines is 1. The maximum Gasteiger partial charge on any atom is 0.337 e. The molecule has 1 rings (SSSR count). The second kappa shape index (κ2) is 6.64. The Morgan fingerprint density at radius 3 is 2.57 bits per heavy atom. The fourth-order valence-electron chi connectivity index (χ4n) is 1.50. The molecule has 0 bridgehead atoms. The number of nitrogens with one attached hydrogen (secondary N) is 1. The van der Waals surface area contributed by atoms with E-state index in [1.807, 2.05) is 0 Å². The Morgan fingerprint density at radius 2 is 2.05 bits per heavy atom. The van der Waals surface area contributed by atoms with E-state index in [2.05, 4.69) is 5.32 Å². The molecule has 1 unspecified atom stereocenters. The average molecular weight is 318 g/mol. The fraction of sp³-hybridized carbons (Fsp3) is 0.333. The molecule has 0 aliphatic rings. The normalized spacial score (nSPS) is 12.7. The van der Waals surface area contributed by atoms with Gasteiger partial charge in [-0.3, -0.25) is 4.79 Å². The van der Waals surface area contributed by atoms with Crippen molar-refractivity contribution in [3.63, 3.8) is 0 Å². The molecule has 9 heteroatoms. The van der Waals surface area contributed by atoms with Crippen LogP contribution in [-0.4, -0.2) is 43.5 Å². The molecule has 0 radical (unpaired) electrons. The summed E-state index contributed by atoms with van der Waals surface area (Å²) >= 11 is 0. The molecule has 0 saturated carbocycles. The van der Waals surface area contributed by atoms with E-state index in [1.165, 1.54) is 0 Å². The third kappa shape index (κ3) is 5.48. The monoisotopic (exact) mass is 318 g/mol. The molecule has 116 valence electrons. The first-order valence-corrected chi connectivity index (χ1v) is 7.93. The molecule has 0 heterocycles. The van der Waals surface area contributed by atoms with Crippen LogP contribution in [0.3, 0.4) is 0 Å². The molecule has 0 fully saturated rings. The predicted molar refractivity (Wildman–Crippen MR) is 74.3 cm³/mol. The molecule has 4 N–H and O–H groups in total. The second-order valence-electron chi connectivity index (χ2n) is 4.51. The standard InChI is InChI=1S/C12H15FN2O5S/c1-21(19,20)5-4-9(14)11(16)15-10-3-2-7(13)6-8(10)12(17)18/h2-3,6,9H,4-5,14H2,1H3,(H,15,16)(H,17,18). The van der Waals surface area contributed by atoms with Gasteiger partial charge < -0.3 is 16.2 Å². The summed E-state index contributed by atoms with van der Waals surface area (Å²) in [6.45, 7) is 0. The van der Waals surface area contributed by atoms with Gasteiger partial charge in [0, 0.05) is 6.26 Å². The van der Waals surface area contributed by atoms with Crippen molar-refractivity contribution in [1.29, 1.82) is 0 Å². The van der Waals surface area contributed by atoms with Gasteiger partial charge in [-0.05, 0) is 24.6 Å². The summed E-state index contributed by atoms with van der Waals surface area (Å²) in [5.41, 5.74) is 5.00. The summed E-state index contributed by atoms with van der Waals surface area (Å²) in [5.74, 6) is -3.18. The van der Waals surface area contributed by atoms with Crippen molar-refractivity contribution in [1.82, 2.24) is 0 Å². The lowest BCUT2D eigenvalue weighted by molar-refractivity contribution is -0.117. The van der Waals surface area contributed by atoms with E-state index in [0.717, 1.165) is 24.5 Å². The minimum Gasteiger partial charge on any atom is -0.478 e. The van der Waals surface area contributed by atoms with E-state index in [4.69, 9.17) is 10.8 Å². The number of sulfone groups is 1. The number of benzene rings is 1. The first-order chi connectivity index (χ1) is 9.60. The van der Waals surface area contributed by atoms with Gasteiger partial charge in [-0.1, -0.05) is 0 Å². The van der Waals surface area contributed by atoms with Gasteiger partial charge in [-0.25, -0.2) is 17.6 Å². The number of aromatic carboxylic acids is 1. The maximum atomic E-state index is 13.0. The first-order valence-electron chi connectivity index (χ1n) is 5.87. The van der Waals surface area contributed by atoms with Gasteiger partial charge in [0.1, 0.15) is 15.7 Å². The van der Waals surface area contributed by atoms with E-state index in [9.17, 15) is 22.4 Å². The van der Waals surface area contributed by atoms with Gasteiger partial charge in [0.25, 0.3) is 0 Å². The van der Waals surface area contributed by atoms with Gasteiger partial charge in [-0.2, -0.15) is 0 Å². The molecule has 0 aliphatic carbocycles. The van der Waals surface area contributed by atoms with Gasteiger partial charge in [-0.15, -0.1) is 0 Å². The minimum atomic E-state index is -3.26. The molecule has 1 amide bonds. The number of carbonyl (C=O) groups excluding carboxylic acids is 1. The zero-order valence-corrected chi connectivity index (χ0v) is 12.0. The molecule has 0 spiro atoms. The van der Waals surface area contributed by atoms with Crippen LogP contribution in [0.15, 0.2) is 18.2 Å². The van der Waals surface area contributed by atoms with E-state index >= 15 is 0 Å². The quantitative estimate of drug-likeness (QED) is 0.689. The number of hydrogen-bond donors (Lipinski definition) is 3. The third-order valence-corrected chi connectivity index (χ3v) is 3.58.